The van der Waals surface area contributed by atoms with E-state index in [9.17, 15) is 9.50 Å². The number of aromatic nitrogens is 3. The zero-order chi connectivity index (χ0) is 24.1. The van der Waals surface area contributed by atoms with Gasteiger partial charge in [0, 0.05) is 30.4 Å². The number of rotatable bonds is 5. The van der Waals surface area contributed by atoms with E-state index in [1.165, 1.54) is 45.4 Å². The minimum atomic E-state index is -0.670. The summed E-state index contributed by atoms with van der Waals surface area (Å²) in [6.07, 6.45) is 7.74. The smallest absolute Gasteiger partial charge is 0.255 e. The van der Waals surface area contributed by atoms with Crippen LogP contribution in [0.15, 0.2) is 42.6 Å². The van der Waals surface area contributed by atoms with Crippen LogP contribution in [0.2, 0.25) is 0 Å². The number of nitrogens with zero attached hydrogens (tertiary/aromatic N) is 4. The summed E-state index contributed by atoms with van der Waals surface area (Å²) in [7, 11) is 3.51. The van der Waals surface area contributed by atoms with Gasteiger partial charge in [-0.05, 0) is 78.8 Å². The summed E-state index contributed by atoms with van der Waals surface area (Å²) in [5.74, 6) is 0.306. The number of anilines is 1. The van der Waals surface area contributed by atoms with Gasteiger partial charge >= 0.3 is 0 Å². The molecular formula is C27H31FN4O2. The second-order valence-electron chi connectivity index (χ2n) is 10.7. The van der Waals surface area contributed by atoms with Gasteiger partial charge in [0.1, 0.15) is 5.75 Å². The minimum absolute atomic E-state index is 0.0561. The quantitative estimate of drug-likeness (QED) is 0.479. The van der Waals surface area contributed by atoms with Crippen LogP contribution in [0.1, 0.15) is 46.0 Å². The number of halogens is 1. The Kier molecular flexibility index (Phi) is 5.46. The maximum atomic E-state index is 13.6. The molecule has 6 nitrogen and oxygen atoms in total. The summed E-state index contributed by atoms with van der Waals surface area (Å²) in [6, 6.07) is 11.1. The van der Waals surface area contributed by atoms with Gasteiger partial charge in [-0.3, -0.25) is 0 Å². The molecule has 178 valence electrons. The summed E-state index contributed by atoms with van der Waals surface area (Å²) in [6.45, 7) is 4.86. The van der Waals surface area contributed by atoms with E-state index in [1.807, 2.05) is 18.2 Å². The molecule has 2 aliphatic carbocycles. The fraction of sp³-hybridized carbons (Fsp3) is 0.444. The Labute approximate surface area is 199 Å². The standard InChI is InChI=1S/C27H31FN4O2/c1-26-9-10-27(2,16-26)14-19(13-26)32(3)24-8-7-21(30-31-24)20-6-5-17(11-22(20)33)18-12-23(34-4)25(28)29-15-18/h5-8,11-12,15,19,33H,9-10,13-14,16H2,1-4H3/t19?,26-,27+. The molecular weight excluding hydrogens is 431 g/mol. The molecule has 2 bridgehead atoms. The van der Waals surface area contributed by atoms with Crippen molar-refractivity contribution in [2.45, 2.75) is 52.0 Å². The van der Waals surface area contributed by atoms with Crippen molar-refractivity contribution in [3.63, 3.8) is 0 Å². The molecule has 1 unspecified atom stereocenters. The highest BCUT2D eigenvalue weighted by molar-refractivity contribution is 5.74. The van der Waals surface area contributed by atoms with Gasteiger partial charge in [-0.1, -0.05) is 19.9 Å². The summed E-state index contributed by atoms with van der Waals surface area (Å²) in [5.41, 5.74) is 3.38. The van der Waals surface area contributed by atoms with Gasteiger partial charge in [0.2, 0.25) is 0 Å². The highest BCUT2D eigenvalue weighted by Gasteiger charge is 2.50. The number of hydrogen-bond acceptors (Lipinski definition) is 6. The van der Waals surface area contributed by atoms with E-state index in [2.05, 4.69) is 41.0 Å². The summed E-state index contributed by atoms with van der Waals surface area (Å²) >= 11 is 0. The second-order valence-corrected chi connectivity index (χ2v) is 10.7. The third kappa shape index (κ3) is 4.08. The average Bonchev–Trinajstić information content (AvgIpc) is 3.05. The highest BCUT2D eigenvalue weighted by atomic mass is 19.1. The van der Waals surface area contributed by atoms with E-state index in [1.54, 1.807) is 18.2 Å². The van der Waals surface area contributed by atoms with Crippen molar-refractivity contribution in [1.82, 2.24) is 15.2 Å². The molecule has 2 saturated carbocycles. The first kappa shape index (κ1) is 22.6. The summed E-state index contributed by atoms with van der Waals surface area (Å²) in [5, 5.41) is 19.6. The van der Waals surface area contributed by atoms with E-state index >= 15 is 0 Å². The molecule has 2 heterocycles. The van der Waals surface area contributed by atoms with Crippen LogP contribution in [0.4, 0.5) is 10.2 Å². The molecule has 7 heteroatoms. The normalized spacial score (nSPS) is 25.9. The molecule has 0 amide bonds. The van der Waals surface area contributed by atoms with Crippen LogP contribution in [0.5, 0.6) is 11.5 Å². The fourth-order valence-corrected chi connectivity index (χ4v) is 6.14. The lowest BCUT2D eigenvalue weighted by atomic mass is 9.68. The molecule has 34 heavy (non-hydrogen) atoms. The Balaban J connectivity index is 1.35. The maximum absolute atomic E-state index is 13.6. The first-order valence-corrected chi connectivity index (χ1v) is 11.8. The third-order valence-corrected chi connectivity index (χ3v) is 7.84. The van der Waals surface area contributed by atoms with Gasteiger partial charge in [-0.25, -0.2) is 4.98 Å². The second kappa shape index (κ2) is 8.22. The lowest BCUT2D eigenvalue weighted by molar-refractivity contribution is 0.148. The van der Waals surface area contributed by atoms with Crippen LogP contribution in [0, 0.1) is 16.8 Å². The van der Waals surface area contributed by atoms with Gasteiger partial charge in [0.05, 0.1) is 12.8 Å². The Morgan fingerprint density at radius 3 is 2.38 bits per heavy atom. The topological polar surface area (TPSA) is 71.4 Å². The maximum Gasteiger partial charge on any atom is 0.255 e. The van der Waals surface area contributed by atoms with Crippen molar-refractivity contribution >= 4 is 5.82 Å². The number of benzene rings is 1. The minimum Gasteiger partial charge on any atom is -0.507 e. The van der Waals surface area contributed by atoms with E-state index in [-0.39, 0.29) is 11.5 Å². The summed E-state index contributed by atoms with van der Waals surface area (Å²) in [4.78, 5) is 6.00. The van der Waals surface area contributed by atoms with Crippen LogP contribution >= 0.6 is 0 Å². The highest BCUT2D eigenvalue weighted by Crippen LogP contribution is 2.58. The van der Waals surface area contributed by atoms with E-state index in [0.29, 0.717) is 39.3 Å². The van der Waals surface area contributed by atoms with Gasteiger partial charge in [-0.15, -0.1) is 10.2 Å². The van der Waals surface area contributed by atoms with Crippen molar-refractivity contribution in [2.75, 3.05) is 19.1 Å². The zero-order valence-electron chi connectivity index (χ0n) is 20.2. The number of phenols is 1. The number of ether oxygens (including phenoxy) is 1. The van der Waals surface area contributed by atoms with E-state index in [0.717, 1.165) is 5.82 Å². The van der Waals surface area contributed by atoms with E-state index in [4.69, 9.17) is 4.74 Å². The van der Waals surface area contributed by atoms with Gasteiger partial charge in [0.15, 0.2) is 11.6 Å². The molecule has 2 aliphatic rings. The lowest BCUT2D eigenvalue weighted by Gasteiger charge is -2.44. The predicted molar refractivity (Wildman–Crippen MR) is 130 cm³/mol. The third-order valence-electron chi connectivity index (χ3n) is 7.84. The molecule has 0 saturated heterocycles. The van der Waals surface area contributed by atoms with Crippen LogP contribution in [0.3, 0.4) is 0 Å². The Hall–Kier alpha value is -3.22. The molecule has 0 aliphatic heterocycles. The fourth-order valence-electron chi connectivity index (χ4n) is 6.14. The van der Waals surface area contributed by atoms with E-state index < -0.39 is 5.95 Å². The molecule has 3 aromatic rings. The zero-order valence-corrected chi connectivity index (χ0v) is 20.2. The number of aromatic hydroxyl groups is 1. The first-order chi connectivity index (χ1) is 16.2. The van der Waals surface area contributed by atoms with Gasteiger partial charge in [-0.2, -0.15) is 4.39 Å². The van der Waals surface area contributed by atoms with Gasteiger partial charge in [0.25, 0.3) is 5.95 Å². The molecule has 5 rings (SSSR count). The Morgan fingerprint density at radius 1 is 1.03 bits per heavy atom. The lowest BCUT2D eigenvalue weighted by Crippen LogP contribution is -2.42. The molecule has 2 fully saturated rings. The van der Waals surface area contributed by atoms with Crippen LogP contribution in [0.25, 0.3) is 22.4 Å². The van der Waals surface area contributed by atoms with Crippen molar-refractivity contribution in [3.05, 3.63) is 48.5 Å². The SMILES string of the molecule is COc1cc(-c2ccc(-c3ccc(N(C)C4C[C@]5(C)CC[C@](C)(C4)C5)nn3)c(O)c2)cnc1F. The van der Waals surface area contributed by atoms with Crippen LogP contribution in [-0.4, -0.2) is 40.5 Å². The largest absolute Gasteiger partial charge is 0.507 e. The number of methoxy groups -OCH3 is 1. The molecule has 2 aromatic heterocycles. The molecule has 1 aromatic carbocycles. The van der Waals surface area contributed by atoms with Crippen molar-refractivity contribution in [1.29, 1.82) is 0 Å². The average molecular weight is 463 g/mol. The Morgan fingerprint density at radius 2 is 1.76 bits per heavy atom. The molecule has 3 atom stereocenters. The first-order valence-electron chi connectivity index (χ1n) is 11.8. The number of fused-ring (bicyclic) bond motifs is 2. The van der Waals surface area contributed by atoms with Crippen molar-refractivity contribution in [3.8, 4) is 33.9 Å². The number of hydrogen-bond donors (Lipinski definition) is 1. The monoisotopic (exact) mass is 462 g/mol. The molecule has 0 spiro atoms. The summed E-state index contributed by atoms with van der Waals surface area (Å²) < 4.78 is 18.6. The molecule has 1 N–H and O–H groups in total. The van der Waals surface area contributed by atoms with Crippen molar-refractivity contribution < 1.29 is 14.2 Å². The number of pyridine rings is 1. The predicted octanol–water partition coefficient (Wildman–Crippen LogP) is 5.85. The Bertz CT molecular complexity index is 1200. The van der Waals surface area contributed by atoms with Crippen LogP contribution < -0.4 is 9.64 Å². The van der Waals surface area contributed by atoms with Gasteiger partial charge < -0.3 is 14.7 Å². The number of phenolic OH excluding ortho intramolecular Hbond substituents is 1. The van der Waals surface area contributed by atoms with Crippen LogP contribution in [-0.2, 0) is 0 Å². The van der Waals surface area contributed by atoms with Crippen molar-refractivity contribution in [2.24, 2.45) is 10.8 Å². The molecule has 0 radical (unpaired) electrons.